The molecule has 4 unspecified atom stereocenters. The van der Waals surface area contributed by atoms with E-state index in [4.69, 9.17) is 4.65 Å². The van der Waals surface area contributed by atoms with Gasteiger partial charge >= 0.3 is 0 Å². The van der Waals surface area contributed by atoms with Crippen molar-refractivity contribution in [3.63, 3.8) is 0 Å². The van der Waals surface area contributed by atoms with Crippen molar-refractivity contribution in [3.05, 3.63) is 11.3 Å². The Morgan fingerprint density at radius 2 is 2.12 bits per heavy atom. The highest BCUT2D eigenvalue weighted by Crippen LogP contribution is 2.47. The second-order valence-corrected chi connectivity index (χ2v) is 7.83. The molecule has 1 N–H and O–H groups in total. The highest BCUT2D eigenvalue weighted by Gasteiger charge is 2.45. The van der Waals surface area contributed by atoms with Crippen LogP contribution in [0.5, 0.6) is 0 Å². The topological polar surface area (TPSA) is 32.7 Å². The van der Waals surface area contributed by atoms with E-state index in [1.165, 1.54) is 11.3 Å². The Balaban J connectivity index is 2.18. The number of allylic oxidation sites excluding steroid dienone is 1. The fourth-order valence-electron chi connectivity index (χ4n) is 4.61. The summed E-state index contributed by atoms with van der Waals surface area (Å²) in [5.41, 5.74) is 2.47. The Labute approximate surface area is 147 Å². The number of nitrogens with zero attached hydrogens (tertiary/aromatic N) is 1. The van der Waals surface area contributed by atoms with E-state index >= 15 is 0 Å². The van der Waals surface area contributed by atoms with Gasteiger partial charge in [0.25, 0.3) is 7.48 Å². The van der Waals surface area contributed by atoms with Gasteiger partial charge in [-0.3, -0.25) is 0 Å². The van der Waals surface area contributed by atoms with E-state index in [0.717, 1.165) is 45.9 Å². The minimum atomic E-state index is -0.733. The molecule has 1 heterocycles. The Kier molecular flexibility index (Phi) is 7.61. The van der Waals surface area contributed by atoms with Crippen molar-refractivity contribution < 1.29 is 14.2 Å². The third-order valence-corrected chi connectivity index (χ3v) is 5.70. The normalized spacial score (nSPS) is 28.5. The predicted octanol–water partition coefficient (Wildman–Crippen LogP) is 4.03. The molecular weight excluding hydrogens is 304 g/mol. The summed E-state index contributed by atoms with van der Waals surface area (Å²) in [6.07, 6.45) is 6.16. The zero-order valence-electron chi connectivity index (χ0n) is 15.9. The molecule has 4 atom stereocenters. The Hall–Kier alpha value is -0.545. The molecule has 0 radical (unpaired) electrons. The minimum Gasteiger partial charge on any atom is -0.442 e. The lowest BCUT2D eigenvalue weighted by molar-refractivity contribution is -0.0285. The Bertz CT molecular complexity index is 430. The van der Waals surface area contributed by atoms with Crippen LogP contribution in [0.25, 0.3) is 0 Å². The van der Waals surface area contributed by atoms with Crippen LogP contribution in [0, 0.1) is 11.8 Å². The van der Waals surface area contributed by atoms with E-state index in [1.807, 2.05) is 0 Å². The second kappa shape index (κ2) is 9.24. The van der Waals surface area contributed by atoms with Gasteiger partial charge in [0.05, 0.1) is 0 Å². The van der Waals surface area contributed by atoms with E-state index in [0.29, 0.717) is 24.8 Å². The molecule has 5 heteroatoms. The molecule has 0 aromatic rings. The van der Waals surface area contributed by atoms with Crippen LogP contribution < -0.4 is 0 Å². The summed E-state index contributed by atoms with van der Waals surface area (Å²) in [6, 6.07) is 0.367. The van der Waals surface area contributed by atoms with E-state index in [1.54, 1.807) is 7.11 Å². The molecule has 2 aliphatic rings. The van der Waals surface area contributed by atoms with E-state index in [9.17, 15) is 9.50 Å². The average Bonchev–Trinajstić information content (AvgIpc) is 2.81. The maximum absolute atomic E-state index is 14.0. The van der Waals surface area contributed by atoms with Gasteiger partial charge in [-0.1, -0.05) is 39.9 Å². The lowest BCUT2D eigenvalue weighted by Gasteiger charge is -2.37. The summed E-state index contributed by atoms with van der Waals surface area (Å²) in [5.74, 6) is 0.438. The molecule has 24 heavy (non-hydrogen) atoms. The molecule has 1 aliphatic carbocycles. The third-order valence-electron chi connectivity index (χ3n) is 5.70. The second-order valence-electron chi connectivity index (χ2n) is 7.83. The summed E-state index contributed by atoms with van der Waals surface area (Å²) in [4.78, 5) is 2.28. The fourth-order valence-corrected chi connectivity index (χ4v) is 4.61. The smallest absolute Gasteiger partial charge is 0.274 e. The molecular formula is C19H35BFNO2. The van der Waals surface area contributed by atoms with Crippen LogP contribution in [0.4, 0.5) is 4.39 Å². The highest BCUT2D eigenvalue weighted by molar-refractivity contribution is 6.26. The van der Waals surface area contributed by atoms with Crippen molar-refractivity contribution in [2.75, 3.05) is 7.11 Å². The molecule has 0 aromatic carbocycles. The van der Waals surface area contributed by atoms with Gasteiger partial charge in [-0.2, -0.15) is 0 Å². The number of hydrogen-bond acceptors (Lipinski definition) is 3. The maximum Gasteiger partial charge on any atom is 0.274 e. The number of aliphatic hydroxyl groups is 1. The first-order chi connectivity index (χ1) is 11.5. The summed E-state index contributed by atoms with van der Waals surface area (Å²) in [6.45, 7) is 6.51. The highest BCUT2D eigenvalue weighted by atomic mass is 19.1. The van der Waals surface area contributed by atoms with Gasteiger partial charge in [0.2, 0.25) is 0 Å². The zero-order chi connectivity index (χ0) is 17.7. The molecule has 138 valence electrons. The number of halogens is 1. The number of hydrogen-bond donors (Lipinski definition) is 1. The molecule has 1 aliphatic heterocycles. The maximum atomic E-state index is 14.0. The molecule has 2 rings (SSSR count). The van der Waals surface area contributed by atoms with Gasteiger partial charge in [-0.05, 0) is 37.2 Å². The standard InChI is InChI=1S/C19H35BFNO2/c1-5-7-15(8-6-11-20-24-4)22-17-10-9-14(21)12-16(17)18(13(2)3)19(22)23/h13-15,18-20,23H,5-12H2,1-4H3. The van der Waals surface area contributed by atoms with Gasteiger partial charge in [0.15, 0.2) is 0 Å². The van der Waals surface area contributed by atoms with Gasteiger partial charge in [0, 0.05) is 31.2 Å². The number of aliphatic hydroxyl groups excluding tert-OH is 1. The van der Waals surface area contributed by atoms with Gasteiger partial charge in [-0.15, -0.1) is 0 Å². The molecule has 0 fully saturated rings. The Morgan fingerprint density at radius 3 is 2.75 bits per heavy atom. The summed E-state index contributed by atoms with van der Waals surface area (Å²) >= 11 is 0. The molecule has 0 saturated carbocycles. The van der Waals surface area contributed by atoms with Crippen molar-refractivity contribution in [1.82, 2.24) is 4.90 Å². The van der Waals surface area contributed by atoms with Gasteiger partial charge in [0.1, 0.15) is 12.4 Å². The number of alkyl halides is 1. The fraction of sp³-hybridized carbons (Fsp3) is 0.895. The quantitative estimate of drug-likeness (QED) is 0.508. The molecule has 0 spiro atoms. The van der Waals surface area contributed by atoms with Gasteiger partial charge < -0.3 is 14.7 Å². The molecule has 0 amide bonds. The van der Waals surface area contributed by atoms with Crippen molar-refractivity contribution in [1.29, 1.82) is 0 Å². The van der Waals surface area contributed by atoms with Crippen LogP contribution in [0.15, 0.2) is 11.3 Å². The third kappa shape index (κ3) is 4.34. The minimum absolute atomic E-state index is 0.0943. The van der Waals surface area contributed by atoms with Crippen LogP contribution >= 0.6 is 0 Å². The number of rotatable bonds is 9. The van der Waals surface area contributed by atoms with Crippen molar-refractivity contribution in [2.24, 2.45) is 11.8 Å². The van der Waals surface area contributed by atoms with Crippen LogP contribution in [-0.4, -0.2) is 43.0 Å². The van der Waals surface area contributed by atoms with Crippen LogP contribution in [0.1, 0.15) is 65.7 Å². The monoisotopic (exact) mass is 339 g/mol. The van der Waals surface area contributed by atoms with Crippen molar-refractivity contribution in [3.8, 4) is 0 Å². The zero-order valence-corrected chi connectivity index (χ0v) is 15.9. The first kappa shape index (κ1) is 19.8. The van der Waals surface area contributed by atoms with Crippen molar-refractivity contribution >= 4 is 7.48 Å². The molecule has 0 bridgehead atoms. The Morgan fingerprint density at radius 1 is 1.38 bits per heavy atom. The van der Waals surface area contributed by atoms with Crippen LogP contribution in [0.2, 0.25) is 6.32 Å². The van der Waals surface area contributed by atoms with E-state index in [-0.39, 0.29) is 5.92 Å². The van der Waals surface area contributed by atoms with E-state index in [2.05, 4.69) is 25.7 Å². The molecule has 0 aromatic heterocycles. The largest absolute Gasteiger partial charge is 0.442 e. The lowest BCUT2D eigenvalue weighted by atomic mass is 9.82. The summed E-state index contributed by atoms with van der Waals surface area (Å²) in [7, 11) is 2.54. The summed E-state index contributed by atoms with van der Waals surface area (Å²) in [5, 5.41) is 11.1. The van der Waals surface area contributed by atoms with Gasteiger partial charge in [-0.25, -0.2) is 4.39 Å². The molecule has 0 saturated heterocycles. The van der Waals surface area contributed by atoms with Crippen LogP contribution in [-0.2, 0) is 4.65 Å². The summed E-state index contributed by atoms with van der Waals surface area (Å²) < 4.78 is 19.2. The first-order valence-corrected chi connectivity index (χ1v) is 9.82. The predicted molar refractivity (Wildman–Crippen MR) is 98.8 cm³/mol. The first-order valence-electron chi connectivity index (χ1n) is 9.82. The van der Waals surface area contributed by atoms with E-state index < -0.39 is 12.4 Å². The van der Waals surface area contributed by atoms with Crippen LogP contribution in [0.3, 0.4) is 0 Å². The molecule has 3 nitrogen and oxygen atoms in total. The SMILES string of the molecule is CCCC(CCCBOC)N1C2=C(CC(F)CC2)C(C(C)C)C1O. The average molecular weight is 339 g/mol. The lowest BCUT2D eigenvalue weighted by Crippen LogP contribution is -2.42. The van der Waals surface area contributed by atoms with Crippen molar-refractivity contribution in [2.45, 2.75) is 90.5 Å².